The number of benzene rings is 1. The molecule has 1 aliphatic rings. The van der Waals surface area contributed by atoms with E-state index in [0.29, 0.717) is 18.4 Å². The Kier molecular flexibility index (Phi) is 8.05. The van der Waals surface area contributed by atoms with E-state index in [4.69, 9.17) is 5.26 Å². The van der Waals surface area contributed by atoms with Crippen LogP contribution in [-0.4, -0.2) is 41.4 Å². The van der Waals surface area contributed by atoms with Gasteiger partial charge in [0.2, 0.25) is 12.2 Å². The maximum atomic E-state index is 13.1. The van der Waals surface area contributed by atoms with Crippen molar-refractivity contribution in [3.63, 3.8) is 0 Å². The maximum absolute atomic E-state index is 13.1. The number of nitrogens with zero attached hydrogens (tertiary/aromatic N) is 4. The molecule has 0 radical (unpaired) electrons. The molecule has 2 N–H and O–H groups in total. The summed E-state index contributed by atoms with van der Waals surface area (Å²) in [5, 5.41) is 15.4. The van der Waals surface area contributed by atoms with Gasteiger partial charge in [-0.2, -0.15) is 5.26 Å². The van der Waals surface area contributed by atoms with E-state index in [2.05, 4.69) is 39.7 Å². The molecule has 1 aromatic heterocycles. The normalized spacial score (nSPS) is 15.9. The van der Waals surface area contributed by atoms with Crippen molar-refractivity contribution in [3.8, 4) is 6.19 Å². The first kappa shape index (κ1) is 24.2. The topological polar surface area (TPSA) is 93.4 Å². The SMILES string of the molecule is Cc1cc(C)c(C(=O)N2CCC(CCCN/C(=N/C#N)Nc3ccc(C)nc3C)C2)c(C)c1. The van der Waals surface area contributed by atoms with E-state index in [1.807, 2.05) is 50.9 Å². The summed E-state index contributed by atoms with van der Waals surface area (Å²) in [7, 11) is 0. The molecule has 1 fully saturated rings. The number of amides is 1. The number of aryl methyl sites for hydroxylation is 5. The van der Waals surface area contributed by atoms with E-state index in [0.717, 1.165) is 66.1 Å². The lowest BCUT2D eigenvalue weighted by atomic mass is 9.98. The van der Waals surface area contributed by atoms with Crippen LogP contribution in [0.2, 0.25) is 0 Å². The molecule has 1 aromatic carbocycles. The molecule has 0 spiro atoms. The van der Waals surface area contributed by atoms with Crippen LogP contribution < -0.4 is 10.6 Å². The van der Waals surface area contributed by atoms with Gasteiger partial charge in [0.25, 0.3) is 5.91 Å². The third-order valence-corrected chi connectivity index (χ3v) is 6.19. The van der Waals surface area contributed by atoms with Gasteiger partial charge in [0.05, 0.1) is 11.4 Å². The zero-order chi connectivity index (χ0) is 24.0. The quantitative estimate of drug-likeness (QED) is 0.297. The third-order valence-electron chi connectivity index (χ3n) is 6.19. The van der Waals surface area contributed by atoms with Crippen LogP contribution >= 0.6 is 0 Å². The molecule has 1 saturated heterocycles. The highest BCUT2D eigenvalue weighted by Crippen LogP contribution is 2.25. The molecule has 0 aliphatic carbocycles. The summed E-state index contributed by atoms with van der Waals surface area (Å²) in [4.78, 5) is 23.4. The predicted octanol–water partition coefficient (Wildman–Crippen LogP) is 4.40. The second-order valence-electron chi connectivity index (χ2n) is 9.02. The van der Waals surface area contributed by atoms with Crippen LogP contribution in [0.15, 0.2) is 29.3 Å². The van der Waals surface area contributed by atoms with E-state index in [9.17, 15) is 4.79 Å². The largest absolute Gasteiger partial charge is 0.355 e. The monoisotopic (exact) mass is 446 g/mol. The van der Waals surface area contributed by atoms with Crippen LogP contribution in [0.4, 0.5) is 5.69 Å². The smallest absolute Gasteiger partial charge is 0.254 e. The molecule has 7 nitrogen and oxygen atoms in total. The summed E-state index contributed by atoms with van der Waals surface area (Å²) in [6.07, 6.45) is 4.83. The molecule has 33 heavy (non-hydrogen) atoms. The number of likely N-dealkylation sites (tertiary alicyclic amines) is 1. The minimum Gasteiger partial charge on any atom is -0.355 e. The highest BCUT2D eigenvalue weighted by atomic mass is 16.2. The number of anilines is 1. The Morgan fingerprint density at radius 2 is 1.94 bits per heavy atom. The summed E-state index contributed by atoms with van der Waals surface area (Å²) in [5.41, 5.74) is 6.79. The first-order valence-electron chi connectivity index (χ1n) is 11.6. The first-order chi connectivity index (χ1) is 15.8. The minimum absolute atomic E-state index is 0.153. The maximum Gasteiger partial charge on any atom is 0.254 e. The summed E-state index contributed by atoms with van der Waals surface area (Å²) in [5.74, 6) is 1.08. The number of aromatic nitrogens is 1. The van der Waals surface area contributed by atoms with Crippen molar-refractivity contribution in [3.05, 3.63) is 57.9 Å². The van der Waals surface area contributed by atoms with Gasteiger partial charge in [-0.05, 0) is 83.1 Å². The van der Waals surface area contributed by atoms with E-state index in [-0.39, 0.29) is 5.91 Å². The number of carbonyl (C=O) groups is 1. The van der Waals surface area contributed by atoms with Crippen molar-refractivity contribution in [1.82, 2.24) is 15.2 Å². The number of guanidine groups is 1. The third kappa shape index (κ3) is 6.32. The fourth-order valence-corrected chi connectivity index (χ4v) is 4.63. The zero-order valence-electron chi connectivity index (χ0n) is 20.3. The van der Waals surface area contributed by atoms with Gasteiger partial charge in [0.15, 0.2) is 0 Å². The van der Waals surface area contributed by atoms with Crippen LogP contribution in [0.1, 0.15) is 57.7 Å². The molecule has 0 bridgehead atoms. The lowest BCUT2D eigenvalue weighted by Gasteiger charge is -2.20. The Balaban J connectivity index is 1.48. The number of pyridine rings is 1. The van der Waals surface area contributed by atoms with Gasteiger partial charge >= 0.3 is 0 Å². The van der Waals surface area contributed by atoms with Gasteiger partial charge in [-0.25, -0.2) is 0 Å². The molecule has 0 saturated carbocycles. The molecular formula is C26H34N6O. The Morgan fingerprint density at radius 3 is 2.61 bits per heavy atom. The second kappa shape index (κ2) is 11.0. The van der Waals surface area contributed by atoms with Gasteiger partial charge in [-0.1, -0.05) is 17.7 Å². The van der Waals surface area contributed by atoms with Crippen LogP contribution in [0, 0.1) is 52.0 Å². The van der Waals surface area contributed by atoms with E-state index < -0.39 is 0 Å². The van der Waals surface area contributed by atoms with Crippen molar-refractivity contribution in [2.24, 2.45) is 10.9 Å². The van der Waals surface area contributed by atoms with E-state index in [1.165, 1.54) is 5.56 Å². The van der Waals surface area contributed by atoms with Crippen molar-refractivity contribution in [1.29, 1.82) is 5.26 Å². The van der Waals surface area contributed by atoms with Crippen molar-refractivity contribution >= 4 is 17.6 Å². The van der Waals surface area contributed by atoms with Gasteiger partial charge in [0.1, 0.15) is 0 Å². The van der Waals surface area contributed by atoms with Gasteiger partial charge < -0.3 is 15.5 Å². The second-order valence-corrected chi connectivity index (χ2v) is 9.02. The number of rotatable bonds is 6. The standard InChI is InChI=1S/C26H34N6O/c1-17-13-18(2)24(19(3)14-17)25(33)32-12-10-22(15-32)7-6-11-28-26(29-16-27)31-23-9-8-20(4)30-21(23)5/h8-9,13-14,22H,6-7,10-12,15H2,1-5H3,(H2,28,29,31). The van der Waals surface area contributed by atoms with Gasteiger partial charge in [-0.3, -0.25) is 9.78 Å². The molecule has 2 aromatic rings. The van der Waals surface area contributed by atoms with Crippen LogP contribution in [0.3, 0.4) is 0 Å². The minimum atomic E-state index is 0.153. The summed E-state index contributed by atoms with van der Waals surface area (Å²) < 4.78 is 0. The predicted molar refractivity (Wildman–Crippen MR) is 132 cm³/mol. The summed E-state index contributed by atoms with van der Waals surface area (Å²) in [6.45, 7) is 12.3. The Hall–Kier alpha value is -3.40. The van der Waals surface area contributed by atoms with Crippen molar-refractivity contribution in [2.45, 2.75) is 53.9 Å². The Morgan fingerprint density at radius 1 is 1.21 bits per heavy atom. The molecule has 174 valence electrons. The molecule has 3 rings (SSSR count). The Bertz CT molecular complexity index is 1060. The Labute approximate surface area is 196 Å². The summed E-state index contributed by atoms with van der Waals surface area (Å²) >= 11 is 0. The first-order valence-corrected chi connectivity index (χ1v) is 11.6. The summed E-state index contributed by atoms with van der Waals surface area (Å²) in [6, 6.07) is 8.03. The lowest BCUT2D eigenvalue weighted by Crippen LogP contribution is -2.32. The van der Waals surface area contributed by atoms with Crippen LogP contribution in [0.25, 0.3) is 0 Å². The van der Waals surface area contributed by atoms with Crippen LogP contribution in [0.5, 0.6) is 0 Å². The highest BCUT2D eigenvalue weighted by molar-refractivity contribution is 5.97. The average Bonchev–Trinajstić information content (AvgIpc) is 3.21. The molecule has 1 aliphatic heterocycles. The fourth-order valence-electron chi connectivity index (χ4n) is 4.63. The van der Waals surface area contributed by atoms with Gasteiger partial charge in [-0.15, -0.1) is 4.99 Å². The van der Waals surface area contributed by atoms with Crippen molar-refractivity contribution < 1.29 is 4.79 Å². The zero-order valence-corrected chi connectivity index (χ0v) is 20.3. The molecule has 1 unspecified atom stereocenters. The molecule has 1 amide bonds. The number of hydrogen-bond donors (Lipinski definition) is 2. The lowest BCUT2D eigenvalue weighted by molar-refractivity contribution is 0.0785. The van der Waals surface area contributed by atoms with E-state index >= 15 is 0 Å². The van der Waals surface area contributed by atoms with E-state index in [1.54, 1.807) is 0 Å². The average molecular weight is 447 g/mol. The van der Waals surface area contributed by atoms with Gasteiger partial charge in [0, 0.05) is 30.9 Å². The number of nitrogens with one attached hydrogen (secondary N) is 2. The number of nitriles is 1. The number of hydrogen-bond acceptors (Lipinski definition) is 4. The molecule has 1 atom stereocenters. The molecule has 2 heterocycles. The van der Waals surface area contributed by atoms with Crippen LogP contribution in [-0.2, 0) is 0 Å². The molecule has 7 heteroatoms. The fraction of sp³-hybridized carbons (Fsp3) is 0.462. The van der Waals surface area contributed by atoms with Crippen molar-refractivity contribution in [2.75, 3.05) is 25.0 Å². The number of aliphatic imine (C=N–C) groups is 1. The molecular weight excluding hydrogens is 412 g/mol. The number of carbonyl (C=O) groups excluding carboxylic acids is 1. The highest BCUT2D eigenvalue weighted by Gasteiger charge is 2.28.